The normalized spacial score (nSPS) is 25.5. The van der Waals surface area contributed by atoms with Gasteiger partial charge in [-0.3, -0.25) is 4.79 Å². The molecular formula is C11H13NO2. The average molecular weight is 191 g/mol. The van der Waals surface area contributed by atoms with Gasteiger partial charge in [-0.1, -0.05) is 12.2 Å². The second-order valence-corrected chi connectivity index (χ2v) is 3.50. The Balaban J connectivity index is 2.19. The molecule has 0 aromatic carbocycles. The van der Waals surface area contributed by atoms with Crippen LogP contribution in [0.1, 0.15) is 6.92 Å². The molecule has 0 saturated heterocycles. The first-order chi connectivity index (χ1) is 6.81. The van der Waals surface area contributed by atoms with Crippen LogP contribution in [0.15, 0.2) is 35.8 Å². The molecule has 1 atom stereocenters. The van der Waals surface area contributed by atoms with Crippen molar-refractivity contribution < 1.29 is 9.53 Å². The SMILES string of the molecule is CC1=COC(C=O)C(N2CC=CC2)=C1. The molecule has 0 fully saturated rings. The lowest BCUT2D eigenvalue weighted by Crippen LogP contribution is -2.31. The van der Waals surface area contributed by atoms with Crippen molar-refractivity contribution in [3.8, 4) is 0 Å². The summed E-state index contributed by atoms with van der Waals surface area (Å²) < 4.78 is 5.30. The van der Waals surface area contributed by atoms with E-state index in [2.05, 4.69) is 17.1 Å². The number of hydrogen-bond acceptors (Lipinski definition) is 3. The minimum absolute atomic E-state index is 0.432. The Bertz CT molecular complexity index is 320. The lowest BCUT2D eigenvalue weighted by Gasteiger charge is -2.28. The highest BCUT2D eigenvalue weighted by Gasteiger charge is 2.23. The summed E-state index contributed by atoms with van der Waals surface area (Å²) in [7, 11) is 0. The highest BCUT2D eigenvalue weighted by atomic mass is 16.5. The molecule has 0 saturated carbocycles. The van der Waals surface area contributed by atoms with Gasteiger partial charge in [0.2, 0.25) is 0 Å². The van der Waals surface area contributed by atoms with Crippen molar-refractivity contribution in [2.45, 2.75) is 13.0 Å². The van der Waals surface area contributed by atoms with Gasteiger partial charge in [-0.2, -0.15) is 0 Å². The van der Waals surface area contributed by atoms with Crippen molar-refractivity contribution in [1.82, 2.24) is 4.90 Å². The Kier molecular flexibility index (Phi) is 2.39. The largest absolute Gasteiger partial charge is 0.484 e. The van der Waals surface area contributed by atoms with Crippen LogP contribution < -0.4 is 0 Å². The Labute approximate surface area is 83.3 Å². The summed E-state index contributed by atoms with van der Waals surface area (Å²) in [5.74, 6) is 0. The number of nitrogens with zero attached hydrogens (tertiary/aromatic N) is 1. The molecule has 0 spiro atoms. The van der Waals surface area contributed by atoms with Gasteiger partial charge in [0.15, 0.2) is 12.4 Å². The number of allylic oxidation sites excluding steroid dienone is 2. The van der Waals surface area contributed by atoms with Crippen LogP contribution in [0.4, 0.5) is 0 Å². The fourth-order valence-corrected chi connectivity index (χ4v) is 1.66. The monoisotopic (exact) mass is 191 g/mol. The zero-order valence-corrected chi connectivity index (χ0v) is 8.14. The summed E-state index contributed by atoms with van der Waals surface area (Å²) in [4.78, 5) is 12.9. The minimum atomic E-state index is -0.432. The van der Waals surface area contributed by atoms with Crippen molar-refractivity contribution >= 4 is 6.29 Å². The molecular weight excluding hydrogens is 178 g/mol. The Hall–Kier alpha value is -1.51. The van der Waals surface area contributed by atoms with E-state index in [0.29, 0.717) is 0 Å². The van der Waals surface area contributed by atoms with Crippen LogP contribution in [0.5, 0.6) is 0 Å². The van der Waals surface area contributed by atoms with E-state index < -0.39 is 6.10 Å². The van der Waals surface area contributed by atoms with Crippen molar-refractivity contribution in [1.29, 1.82) is 0 Å². The fourth-order valence-electron chi connectivity index (χ4n) is 1.66. The number of carbonyl (C=O) groups excluding carboxylic acids is 1. The van der Waals surface area contributed by atoms with Gasteiger partial charge >= 0.3 is 0 Å². The van der Waals surface area contributed by atoms with Crippen molar-refractivity contribution in [3.05, 3.63) is 35.8 Å². The van der Waals surface area contributed by atoms with E-state index in [1.807, 2.05) is 13.0 Å². The number of hydrogen-bond donors (Lipinski definition) is 0. The van der Waals surface area contributed by atoms with Crippen molar-refractivity contribution in [3.63, 3.8) is 0 Å². The summed E-state index contributed by atoms with van der Waals surface area (Å²) >= 11 is 0. The third-order valence-electron chi connectivity index (χ3n) is 2.37. The predicted octanol–water partition coefficient (Wildman–Crippen LogP) is 1.24. The van der Waals surface area contributed by atoms with Gasteiger partial charge in [-0.05, 0) is 18.6 Å². The second-order valence-electron chi connectivity index (χ2n) is 3.50. The topological polar surface area (TPSA) is 29.5 Å². The van der Waals surface area contributed by atoms with Gasteiger partial charge in [0.05, 0.1) is 12.0 Å². The molecule has 2 aliphatic heterocycles. The molecule has 74 valence electrons. The zero-order chi connectivity index (χ0) is 9.97. The number of aldehydes is 1. The maximum absolute atomic E-state index is 10.8. The van der Waals surface area contributed by atoms with E-state index in [9.17, 15) is 4.79 Å². The third-order valence-corrected chi connectivity index (χ3v) is 2.37. The highest BCUT2D eigenvalue weighted by Crippen LogP contribution is 2.21. The number of ether oxygens (including phenoxy) is 1. The average Bonchev–Trinajstić information content (AvgIpc) is 2.70. The standard InChI is InChI=1S/C11H13NO2/c1-9-6-10(11(7-13)14-8-9)12-4-2-3-5-12/h2-3,6-8,11H,4-5H2,1H3. The van der Waals surface area contributed by atoms with Crippen LogP contribution in [-0.4, -0.2) is 30.4 Å². The summed E-state index contributed by atoms with van der Waals surface area (Å²) in [5, 5.41) is 0. The van der Waals surface area contributed by atoms with Crippen LogP contribution >= 0.6 is 0 Å². The van der Waals surface area contributed by atoms with Crippen LogP contribution in [0.2, 0.25) is 0 Å². The molecule has 0 aromatic rings. The van der Waals surface area contributed by atoms with E-state index in [1.54, 1.807) is 6.26 Å². The molecule has 0 amide bonds. The van der Waals surface area contributed by atoms with E-state index in [-0.39, 0.29) is 0 Å². The molecule has 0 N–H and O–H groups in total. The van der Waals surface area contributed by atoms with Crippen LogP contribution in [0, 0.1) is 0 Å². The summed E-state index contributed by atoms with van der Waals surface area (Å²) in [6, 6.07) is 0. The summed E-state index contributed by atoms with van der Waals surface area (Å²) in [6.07, 6.45) is 8.24. The molecule has 1 unspecified atom stereocenters. The summed E-state index contributed by atoms with van der Waals surface area (Å²) in [5.41, 5.74) is 2.01. The first kappa shape index (κ1) is 9.06. The van der Waals surface area contributed by atoms with Gasteiger partial charge < -0.3 is 9.64 Å². The first-order valence-corrected chi connectivity index (χ1v) is 4.70. The molecule has 0 aromatic heterocycles. The molecule has 3 heteroatoms. The number of rotatable bonds is 2. The van der Waals surface area contributed by atoms with Crippen molar-refractivity contribution in [2.24, 2.45) is 0 Å². The Morgan fingerprint density at radius 1 is 1.50 bits per heavy atom. The number of carbonyl (C=O) groups is 1. The lowest BCUT2D eigenvalue weighted by atomic mass is 10.1. The molecule has 0 aliphatic carbocycles. The third kappa shape index (κ3) is 1.58. The first-order valence-electron chi connectivity index (χ1n) is 4.70. The molecule has 2 rings (SSSR count). The van der Waals surface area contributed by atoms with E-state index in [4.69, 9.17) is 4.74 Å². The van der Waals surface area contributed by atoms with E-state index in [1.165, 1.54) is 0 Å². The maximum atomic E-state index is 10.8. The van der Waals surface area contributed by atoms with Crippen LogP contribution in [0.25, 0.3) is 0 Å². The van der Waals surface area contributed by atoms with E-state index in [0.717, 1.165) is 30.6 Å². The van der Waals surface area contributed by atoms with Gasteiger partial charge in [0.25, 0.3) is 0 Å². The van der Waals surface area contributed by atoms with Gasteiger partial charge in [-0.25, -0.2) is 0 Å². The quantitative estimate of drug-likeness (QED) is 0.486. The van der Waals surface area contributed by atoms with Crippen LogP contribution in [-0.2, 0) is 9.53 Å². The minimum Gasteiger partial charge on any atom is -0.484 e. The zero-order valence-electron chi connectivity index (χ0n) is 8.14. The molecule has 2 aliphatic rings. The smallest absolute Gasteiger partial charge is 0.192 e. The van der Waals surface area contributed by atoms with Crippen molar-refractivity contribution in [2.75, 3.05) is 13.1 Å². The van der Waals surface area contributed by atoms with Crippen LogP contribution in [0.3, 0.4) is 0 Å². The fraction of sp³-hybridized carbons (Fsp3) is 0.364. The molecule has 3 nitrogen and oxygen atoms in total. The molecule has 0 bridgehead atoms. The van der Waals surface area contributed by atoms with E-state index >= 15 is 0 Å². The van der Waals surface area contributed by atoms with Gasteiger partial charge in [0, 0.05) is 13.1 Å². The van der Waals surface area contributed by atoms with Gasteiger partial charge in [0.1, 0.15) is 0 Å². The summed E-state index contributed by atoms with van der Waals surface area (Å²) in [6.45, 7) is 3.70. The highest BCUT2D eigenvalue weighted by molar-refractivity contribution is 5.63. The Morgan fingerprint density at radius 2 is 2.21 bits per heavy atom. The molecule has 14 heavy (non-hydrogen) atoms. The molecule has 2 heterocycles. The lowest BCUT2D eigenvalue weighted by molar-refractivity contribution is -0.114. The second kappa shape index (κ2) is 3.70. The van der Waals surface area contributed by atoms with Gasteiger partial charge in [-0.15, -0.1) is 0 Å². The molecule has 0 radical (unpaired) electrons. The predicted molar refractivity (Wildman–Crippen MR) is 53.5 cm³/mol. The Morgan fingerprint density at radius 3 is 2.86 bits per heavy atom. The maximum Gasteiger partial charge on any atom is 0.192 e.